The molecule has 0 saturated carbocycles. The number of carboxylic acid groups (broad SMARTS) is 1. The Labute approximate surface area is 86.3 Å². The summed E-state index contributed by atoms with van der Waals surface area (Å²) in [7, 11) is 1.36. The molecule has 1 rings (SSSR count). The Kier molecular flexibility index (Phi) is 3.98. The molecule has 0 unspecified atom stereocenters. The average molecular weight is 241 g/mol. The van der Waals surface area contributed by atoms with Crippen LogP contribution in [0.2, 0.25) is 0 Å². The van der Waals surface area contributed by atoms with E-state index in [1.54, 1.807) is 0 Å². The van der Waals surface area contributed by atoms with Gasteiger partial charge in [-0.3, -0.25) is 25.2 Å². The van der Waals surface area contributed by atoms with Crippen molar-refractivity contribution >= 4 is 23.7 Å². The maximum Gasteiger partial charge on any atom is 0.490 e. The summed E-state index contributed by atoms with van der Waals surface area (Å²) in [6.45, 7) is 0. The smallest absolute Gasteiger partial charge is 0.475 e. The van der Waals surface area contributed by atoms with E-state index in [4.69, 9.17) is 15.3 Å². The number of carbonyl (C=O) groups is 3. The van der Waals surface area contributed by atoms with Crippen molar-refractivity contribution in [3.63, 3.8) is 0 Å². The number of nitrogens with one attached hydrogen (secondary N) is 2. The zero-order valence-corrected chi connectivity index (χ0v) is 7.75. The summed E-state index contributed by atoms with van der Waals surface area (Å²) in [5.74, 6) is -4.33. The first-order valence-corrected chi connectivity index (χ1v) is 3.55. The van der Waals surface area contributed by atoms with Crippen LogP contribution in [-0.2, 0) is 14.4 Å². The Balaban J connectivity index is 0.000000293. The van der Waals surface area contributed by atoms with Crippen LogP contribution in [0.5, 0.6) is 0 Å². The summed E-state index contributed by atoms with van der Waals surface area (Å²) >= 11 is 0. The number of guanidine groups is 1. The minimum atomic E-state index is -5.08. The zero-order chi connectivity index (χ0) is 13.1. The fourth-order valence-electron chi connectivity index (χ4n) is 0.499. The third-order valence-electron chi connectivity index (χ3n) is 1.31. The van der Waals surface area contributed by atoms with Crippen molar-refractivity contribution in [2.75, 3.05) is 7.05 Å². The molecule has 1 fully saturated rings. The molecule has 90 valence electrons. The number of nitrogens with zero attached hydrogens (tertiary/aromatic N) is 1. The number of aliphatic carboxylic acids is 1. The van der Waals surface area contributed by atoms with Crippen molar-refractivity contribution in [1.82, 2.24) is 10.2 Å². The molecule has 0 spiro atoms. The van der Waals surface area contributed by atoms with Gasteiger partial charge in [-0.2, -0.15) is 13.2 Å². The molecule has 0 bridgehead atoms. The molecule has 0 aromatic carbocycles. The predicted octanol–water partition coefficient (Wildman–Crippen LogP) is -0.857. The van der Waals surface area contributed by atoms with Crippen molar-refractivity contribution < 1.29 is 32.7 Å². The van der Waals surface area contributed by atoms with E-state index in [9.17, 15) is 22.8 Å². The second-order valence-electron chi connectivity index (χ2n) is 2.47. The summed E-state index contributed by atoms with van der Waals surface area (Å²) in [6.07, 6.45) is -5.08. The number of likely N-dealkylation sites (N-methyl/N-ethyl adjacent to an activating group) is 1. The first-order chi connectivity index (χ1) is 7.07. The van der Waals surface area contributed by atoms with Crippen LogP contribution in [0.3, 0.4) is 0 Å². The molecule has 0 aromatic heterocycles. The molecule has 16 heavy (non-hydrogen) atoms. The van der Waals surface area contributed by atoms with Crippen molar-refractivity contribution in [1.29, 1.82) is 5.41 Å². The van der Waals surface area contributed by atoms with Gasteiger partial charge in [0.1, 0.15) is 0 Å². The van der Waals surface area contributed by atoms with E-state index in [1.807, 2.05) is 5.32 Å². The minimum Gasteiger partial charge on any atom is -0.475 e. The minimum absolute atomic E-state index is 0.162. The number of alkyl halides is 3. The highest BCUT2D eigenvalue weighted by Gasteiger charge is 2.38. The molecule has 2 amide bonds. The van der Waals surface area contributed by atoms with Gasteiger partial charge in [-0.1, -0.05) is 0 Å². The van der Waals surface area contributed by atoms with Crippen LogP contribution < -0.4 is 5.32 Å². The van der Waals surface area contributed by atoms with Crippen LogP contribution in [0.25, 0.3) is 0 Å². The highest BCUT2D eigenvalue weighted by molar-refractivity contribution is 6.44. The van der Waals surface area contributed by atoms with E-state index in [0.717, 1.165) is 4.90 Å². The van der Waals surface area contributed by atoms with Gasteiger partial charge in [0.05, 0.1) is 0 Å². The molecule has 1 aliphatic heterocycles. The van der Waals surface area contributed by atoms with Crippen LogP contribution in [-0.4, -0.2) is 47.0 Å². The highest BCUT2D eigenvalue weighted by Crippen LogP contribution is 2.13. The molecule has 3 N–H and O–H groups in total. The molecule has 1 heterocycles. The third-order valence-corrected chi connectivity index (χ3v) is 1.31. The Hall–Kier alpha value is -2.13. The molecule has 0 aromatic rings. The van der Waals surface area contributed by atoms with Gasteiger partial charge < -0.3 is 5.11 Å². The van der Waals surface area contributed by atoms with E-state index >= 15 is 0 Å². The summed E-state index contributed by atoms with van der Waals surface area (Å²) in [5.41, 5.74) is 0. The quantitative estimate of drug-likeness (QED) is 0.479. The number of halogens is 3. The lowest BCUT2D eigenvalue weighted by Gasteiger charge is -2.01. The first-order valence-electron chi connectivity index (χ1n) is 3.55. The second-order valence-corrected chi connectivity index (χ2v) is 2.47. The van der Waals surface area contributed by atoms with Crippen LogP contribution >= 0.6 is 0 Å². The summed E-state index contributed by atoms with van der Waals surface area (Å²) in [6, 6.07) is 0. The number of carbonyl (C=O) groups excluding carboxylic acids is 2. The number of carboxylic acids is 1. The monoisotopic (exact) mass is 241 g/mol. The highest BCUT2D eigenvalue weighted by atomic mass is 19.4. The van der Waals surface area contributed by atoms with Crippen LogP contribution in [0.1, 0.15) is 0 Å². The van der Waals surface area contributed by atoms with Gasteiger partial charge in [0.2, 0.25) is 5.96 Å². The summed E-state index contributed by atoms with van der Waals surface area (Å²) < 4.78 is 31.7. The lowest BCUT2D eigenvalue weighted by Crippen LogP contribution is -2.26. The van der Waals surface area contributed by atoms with Crippen molar-refractivity contribution in [3.8, 4) is 0 Å². The lowest BCUT2D eigenvalue weighted by atomic mass is 10.6. The Bertz CT molecular complexity index is 351. The number of hydrogen-bond acceptors (Lipinski definition) is 4. The van der Waals surface area contributed by atoms with E-state index in [2.05, 4.69) is 0 Å². The van der Waals surface area contributed by atoms with Gasteiger partial charge >= 0.3 is 24.0 Å². The molecule has 1 aliphatic rings. The Morgan fingerprint density at radius 1 is 1.44 bits per heavy atom. The maximum atomic E-state index is 10.6. The van der Waals surface area contributed by atoms with E-state index in [0.29, 0.717) is 0 Å². The van der Waals surface area contributed by atoms with Gasteiger partial charge in [0.15, 0.2) is 0 Å². The maximum absolute atomic E-state index is 10.6. The van der Waals surface area contributed by atoms with Crippen LogP contribution in [0, 0.1) is 5.41 Å². The SMILES string of the molecule is CN1C(=N)NC(=O)C1=O.O=C(O)C(F)(F)F. The topological polar surface area (TPSA) is 111 Å². The molecular formula is C6H6F3N3O4. The number of hydrogen-bond donors (Lipinski definition) is 3. The third kappa shape index (κ3) is 3.55. The largest absolute Gasteiger partial charge is 0.490 e. The van der Waals surface area contributed by atoms with Crippen molar-refractivity contribution in [3.05, 3.63) is 0 Å². The van der Waals surface area contributed by atoms with Gasteiger partial charge in [0, 0.05) is 7.05 Å². The predicted molar refractivity (Wildman–Crippen MR) is 42.3 cm³/mol. The van der Waals surface area contributed by atoms with Gasteiger partial charge in [0.25, 0.3) is 0 Å². The Morgan fingerprint density at radius 2 is 1.81 bits per heavy atom. The van der Waals surface area contributed by atoms with E-state index < -0.39 is 24.0 Å². The lowest BCUT2D eigenvalue weighted by molar-refractivity contribution is -0.192. The standard InChI is InChI=1S/C4H5N3O2.C2HF3O2/c1-7-3(9)2(8)6-4(7)5;3-2(4,5)1(6)7/h1H3,(H2,5,6,8);(H,6,7). The van der Waals surface area contributed by atoms with Crippen LogP contribution in [0.4, 0.5) is 13.2 Å². The second kappa shape index (κ2) is 4.59. The first kappa shape index (κ1) is 13.9. The summed E-state index contributed by atoms with van der Waals surface area (Å²) in [4.78, 5) is 30.7. The molecule has 0 atom stereocenters. The van der Waals surface area contributed by atoms with E-state index in [1.165, 1.54) is 7.05 Å². The zero-order valence-electron chi connectivity index (χ0n) is 7.75. The van der Waals surface area contributed by atoms with Gasteiger partial charge in [-0.15, -0.1) is 0 Å². The normalized spacial score (nSPS) is 15.5. The molecule has 7 nitrogen and oxygen atoms in total. The van der Waals surface area contributed by atoms with Crippen molar-refractivity contribution in [2.45, 2.75) is 6.18 Å². The van der Waals surface area contributed by atoms with Crippen LogP contribution in [0.15, 0.2) is 0 Å². The molecule has 0 radical (unpaired) electrons. The molecular weight excluding hydrogens is 235 g/mol. The fraction of sp³-hybridized carbons (Fsp3) is 0.333. The Morgan fingerprint density at radius 3 is 1.88 bits per heavy atom. The number of amides is 2. The molecule has 1 saturated heterocycles. The molecule has 0 aliphatic carbocycles. The van der Waals surface area contributed by atoms with Gasteiger partial charge in [-0.05, 0) is 0 Å². The summed E-state index contributed by atoms with van der Waals surface area (Å²) in [5, 5.41) is 16.1. The van der Waals surface area contributed by atoms with Gasteiger partial charge in [-0.25, -0.2) is 4.79 Å². The fourth-order valence-corrected chi connectivity index (χ4v) is 0.499. The van der Waals surface area contributed by atoms with Crippen molar-refractivity contribution in [2.24, 2.45) is 0 Å². The average Bonchev–Trinajstić information content (AvgIpc) is 2.33. The number of rotatable bonds is 0. The van der Waals surface area contributed by atoms with E-state index in [-0.39, 0.29) is 5.96 Å². The molecule has 10 heteroatoms.